The smallest absolute Gasteiger partial charge is 0.290 e. The van der Waals surface area contributed by atoms with E-state index in [2.05, 4.69) is 5.32 Å². The third kappa shape index (κ3) is 6.18. The van der Waals surface area contributed by atoms with Gasteiger partial charge in [-0.1, -0.05) is 25.1 Å². The van der Waals surface area contributed by atoms with E-state index in [9.17, 15) is 14.0 Å². The number of benzene rings is 2. The Morgan fingerprint density at radius 3 is 2.52 bits per heavy atom. The molecule has 1 aromatic heterocycles. The topological polar surface area (TPSA) is 71.8 Å². The molecule has 162 valence electrons. The Kier molecular flexibility index (Phi) is 7.43. The van der Waals surface area contributed by atoms with Crippen LogP contribution in [0.1, 0.15) is 35.2 Å². The van der Waals surface area contributed by atoms with Gasteiger partial charge >= 0.3 is 0 Å². The summed E-state index contributed by atoms with van der Waals surface area (Å²) in [6.07, 6.45) is 0.699. The molecule has 0 aliphatic rings. The van der Waals surface area contributed by atoms with Crippen LogP contribution < -0.4 is 10.1 Å². The molecule has 1 heterocycles. The highest BCUT2D eigenvalue weighted by molar-refractivity contribution is 5.98. The molecule has 3 rings (SSSR count). The van der Waals surface area contributed by atoms with Crippen molar-refractivity contribution in [1.82, 2.24) is 4.90 Å². The van der Waals surface area contributed by atoms with E-state index in [4.69, 9.17) is 9.15 Å². The van der Waals surface area contributed by atoms with Gasteiger partial charge in [-0.3, -0.25) is 9.59 Å². The van der Waals surface area contributed by atoms with E-state index in [0.29, 0.717) is 24.5 Å². The molecule has 3 aromatic rings. The van der Waals surface area contributed by atoms with Crippen LogP contribution in [-0.2, 0) is 11.4 Å². The zero-order valence-corrected chi connectivity index (χ0v) is 17.6. The number of halogens is 1. The minimum Gasteiger partial charge on any atom is -0.486 e. The number of rotatable bonds is 9. The summed E-state index contributed by atoms with van der Waals surface area (Å²) in [5, 5.41) is 2.84. The van der Waals surface area contributed by atoms with Crippen molar-refractivity contribution in [2.24, 2.45) is 0 Å². The monoisotopic (exact) mass is 424 g/mol. The number of furan rings is 1. The van der Waals surface area contributed by atoms with Gasteiger partial charge in [-0.05, 0) is 61.4 Å². The van der Waals surface area contributed by atoms with Crippen molar-refractivity contribution >= 4 is 17.5 Å². The lowest BCUT2D eigenvalue weighted by molar-refractivity contribution is -0.116. The van der Waals surface area contributed by atoms with Crippen molar-refractivity contribution in [3.63, 3.8) is 0 Å². The number of para-hydroxylation sites is 1. The molecule has 0 unspecified atom stereocenters. The fourth-order valence-corrected chi connectivity index (χ4v) is 3.01. The SMILES string of the molecule is CCCN(CC(=O)Nc1ccccc1C)C(=O)c1ccc(COc2ccc(F)cc2)o1. The maximum absolute atomic E-state index is 13.0. The predicted molar refractivity (Wildman–Crippen MR) is 115 cm³/mol. The average molecular weight is 424 g/mol. The zero-order chi connectivity index (χ0) is 22.2. The number of hydrogen-bond acceptors (Lipinski definition) is 4. The molecule has 7 heteroatoms. The van der Waals surface area contributed by atoms with Crippen LogP contribution in [0, 0.1) is 12.7 Å². The summed E-state index contributed by atoms with van der Waals surface area (Å²) >= 11 is 0. The van der Waals surface area contributed by atoms with Gasteiger partial charge in [0.1, 0.15) is 30.5 Å². The van der Waals surface area contributed by atoms with Gasteiger partial charge in [-0.15, -0.1) is 0 Å². The second-order valence-electron chi connectivity index (χ2n) is 7.10. The maximum atomic E-state index is 13.0. The van der Waals surface area contributed by atoms with E-state index in [1.54, 1.807) is 12.1 Å². The highest BCUT2D eigenvalue weighted by Gasteiger charge is 2.21. The van der Waals surface area contributed by atoms with Crippen molar-refractivity contribution in [3.05, 3.63) is 83.6 Å². The van der Waals surface area contributed by atoms with Crippen molar-refractivity contribution in [2.75, 3.05) is 18.4 Å². The van der Waals surface area contributed by atoms with Gasteiger partial charge in [0.05, 0.1) is 0 Å². The van der Waals surface area contributed by atoms with E-state index in [1.807, 2.05) is 38.1 Å². The molecule has 2 aromatic carbocycles. The summed E-state index contributed by atoms with van der Waals surface area (Å²) in [6.45, 7) is 4.28. The van der Waals surface area contributed by atoms with Gasteiger partial charge < -0.3 is 19.4 Å². The van der Waals surface area contributed by atoms with Crippen LogP contribution in [0.4, 0.5) is 10.1 Å². The van der Waals surface area contributed by atoms with Gasteiger partial charge in [0.25, 0.3) is 5.91 Å². The average Bonchev–Trinajstić information content (AvgIpc) is 3.23. The number of carbonyl (C=O) groups excluding carboxylic acids is 2. The lowest BCUT2D eigenvalue weighted by atomic mass is 10.2. The number of hydrogen-bond donors (Lipinski definition) is 1. The van der Waals surface area contributed by atoms with Crippen molar-refractivity contribution in [1.29, 1.82) is 0 Å². The Labute approximate surface area is 180 Å². The highest BCUT2D eigenvalue weighted by atomic mass is 19.1. The van der Waals surface area contributed by atoms with Crippen LogP contribution in [0.3, 0.4) is 0 Å². The quantitative estimate of drug-likeness (QED) is 0.536. The van der Waals surface area contributed by atoms with Crippen LogP contribution in [-0.4, -0.2) is 29.8 Å². The van der Waals surface area contributed by atoms with Gasteiger partial charge in [-0.25, -0.2) is 4.39 Å². The Bertz CT molecular complexity index is 1030. The van der Waals surface area contributed by atoms with Crippen molar-refractivity contribution in [3.8, 4) is 5.75 Å². The zero-order valence-electron chi connectivity index (χ0n) is 17.6. The molecule has 0 bridgehead atoms. The molecule has 2 amide bonds. The van der Waals surface area contributed by atoms with Crippen LogP contribution in [0.2, 0.25) is 0 Å². The van der Waals surface area contributed by atoms with Crippen LogP contribution in [0.15, 0.2) is 65.1 Å². The normalized spacial score (nSPS) is 10.5. The number of nitrogens with zero attached hydrogens (tertiary/aromatic N) is 1. The largest absolute Gasteiger partial charge is 0.486 e. The first kappa shape index (κ1) is 22.1. The standard InChI is InChI=1S/C24H25FN2O4/c1-3-14-27(15-23(28)26-21-7-5-4-6-17(21)2)24(29)22-13-12-20(31-22)16-30-19-10-8-18(25)9-11-19/h4-13H,3,14-16H2,1-2H3,(H,26,28). The Balaban J connectivity index is 1.61. The molecule has 0 fully saturated rings. The fraction of sp³-hybridized carbons (Fsp3) is 0.250. The lowest BCUT2D eigenvalue weighted by Crippen LogP contribution is -2.38. The summed E-state index contributed by atoms with van der Waals surface area (Å²) in [4.78, 5) is 26.8. The van der Waals surface area contributed by atoms with Crippen LogP contribution in [0.5, 0.6) is 5.75 Å². The van der Waals surface area contributed by atoms with Crippen LogP contribution in [0.25, 0.3) is 0 Å². The second-order valence-corrected chi connectivity index (χ2v) is 7.10. The molecule has 0 aliphatic carbocycles. The molecule has 0 aliphatic heterocycles. The summed E-state index contributed by atoms with van der Waals surface area (Å²) in [6, 6.07) is 16.3. The summed E-state index contributed by atoms with van der Waals surface area (Å²) in [5.41, 5.74) is 1.66. The van der Waals surface area contributed by atoms with Crippen molar-refractivity contribution < 1.29 is 23.1 Å². The van der Waals surface area contributed by atoms with Crippen molar-refractivity contribution in [2.45, 2.75) is 26.9 Å². The molecule has 0 saturated carbocycles. The molecule has 0 saturated heterocycles. The molecule has 0 spiro atoms. The maximum Gasteiger partial charge on any atom is 0.290 e. The molecule has 0 radical (unpaired) electrons. The van der Waals surface area contributed by atoms with Gasteiger partial charge in [0.15, 0.2) is 5.76 Å². The number of amides is 2. The fourth-order valence-electron chi connectivity index (χ4n) is 3.01. The second kappa shape index (κ2) is 10.4. The summed E-state index contributed by atoms with van der Waals surface area (Å²) < 4.78 is 24.1. The summed E-state index contributed by atoms with van der Waals surface area (Å²) in [5.74, 6) is 0.0903. The molecular weight excluding hydrogens is 399 g/mol. The van der Waals surface area contributed by atoms with Crippen LogP contribution >= 0.6 is 0 Å². The predicted octanol–water partition coefficient (Wildman–Crippen LogP) is 4.80. The molecule has 31 heavy (non-hydrogen) atoms. The van der Waals surface area contributed by atoms with E-state index in [0.717, 1.165) is 11.3 Å². The molecule has 1 N–H and O–H groups in total. The van der Waals surface area contributed by atoms with Gasteiger partial charge in [0.2, 0.25) is 5.91 Å². The highest BCUT2D eigenvalue weighted by Crippen LogP contribution is 2.17. The van der Waals surface area contributed by atoms with Gasteiger partial charge in [0, 0.05) is 12.2 Å². The Hall–Kier alpha value is -3.61. The van der Waals surface area contributed by atoms with E-state index >= 15 is 0 Å². The summed E-state index contributed by atoms with van der Waals surface area (Å²) in [7, 11) is 0. The number of aryl methyl sites for hydroxylation is 1. The van der Waals surface area contributed by atoms with E-state index < -0.39 is 0 Å². The molecular formula is C24H25FN2O4. The first-order chi connectivity index (χ1) is 15.0. The Morgan fingerprint density at radius 2 is 1.81 bits per heavy atom. The molecule has 6 nitrogen and oxygen atoms in total. The third-order valence-corrected chi connectivity index (χ3v) is 4.60. The molecule has 0 atom stereocenters. The number of ether oxygens (including phenoxy) is 1. The first-order valence-electron chi connectivity index (χ1n) is 10.1. The minimum atomic E-state index is -0.366. The van der Waals surface area contributed by atoms with E-state index in [1.165, 1.54) is 29.2 Å². The lowest BCUT2D eigenvalue weighted by Gasteiger charge is -2.20. The Morgan fingerprint density at radius 1 is 1.06 bits per heavy atom. The number of anilines is 1. The number of carbonyl (C=O) groups is 2. The first-order valence-corrected chi connectivity index (χ1v) is 10.1. The van der Waals surface area contributed by atoms with Gasteiger partial charge in [-0.2, -0.15) is 0 Å². The third-order valence-electron chi connectivity index (χ3n) is 4.60. The minimum absolute atomic E-state index is 0.0802. The number of nitrogens with one attached hydrogen (secondary N) is 1. The van der Waals surface area contributed by atoms with E-state index in [-0.39, 0.29) is 36.5 Å².